The fourth-order valence-electron chi connectivity index (χ4n) is 3.83. The Morgan fingerprint density at radius 3 is 2.74 bits per heavy atom. The Balaban J connectivity index is 1.54. The highest BCUT2D eigenvalue weighted by Gasteiger charge is 2.40. The topological polar surface area (TPSA) is 107 Å². The quantitative estimate of drug-likeness (QED) is 0.622. The summed E-state index contributed by atoms with van der Waals surface area (Å²) in [7, 11) is 0. The fraction of sp³-hybridized carbons (Fsp3) is 0.524. The number of ether oxygens (including phenoxy) is 3. The Hall–Kier alpha value is -2.33. The van der Waals surface area contributed by atoms with Crippen molar-refractivity contribution in [3.63, 3.8) is 0 Å². The van der Waals surface area contributed by atoms with Gasteiger partial charge in [0.25, 0.3) is 5.91 Å². The molecule has 1 amide bonds. The van der Waals surface area contributed by atoms with Crippen LogP contribution in [-0.4, -0.2) is 53.3 Å². The van der Waals surface area contributed by atoms with Crippen LogP contribution in [0.2, 0.25) is 5.15 Å². The van der Waals surface area contributed by atoms with E-state index in [4.69, 9.17) is 25.8 Å². The lowest BCUT2D eigenvalue weighted by atomic mass is 10.00. The Morgan fingerprint density at radius 2 is 2.00 bits per heavy atom. The third-order valence-corrected chi connectivity index (χ3v) is 5.51. The Bertz CT molecular complexity index is 916. The van der Waals surface area contributed by atoms with Crippen molar-refractivity contribution in [1.29, 1.82) is 0 Å². The zero-order chi connectivity index (χ0) is 21.7. The highest BCUT2D eigenvalue weighted by atomic mass is 35.5. The molecule has 0 spiro atoms. The summed E-state index contributed by atoms with van der Waals surface area (Å²) in [6.07, 6.45) is 6.29. The summed E-state index contributed by atoms with van der Waals surface area (Å²) < 4.78 is 17.3. The molecular weight excluding hydrogens is 422 g/mol. The SMILES string of the molecule is CCCC1(c2cc(Cl)ncc2NC(=O)c2ccnc(NC3CCOCC3)n2)OCCO1. The van der Waals surface area contributed by atoms with E-state index in [0.29, 0.717) is 55.2 Å². The number of rotatable bonds is 7. The van der Waals surface area contributed by atoms with Gasteiger partial charge in [-0.05, 0) is 25.0 Å². The number of amides is 1. The van der Waals surface area contributed by atoms with Gasteiger partial charge in [-0.25, -0.2) is 15.0 Å². The molecule has 166 valence electrons. The minimum absolute atomic E-state index is 0.227. The van der Waals surface area contributed by atoms with E-state index in [2.05, 4.69) is 25.6 Å². The highest BCUT2D eigenvalue weighted by molar-refractivity contribution is 6.29. The number of nitrogens with one attached hydrogen (secondary N) is 2. The van der Waals surface area contributed by atoms with Gasteiger partial charge in [0.05, 0.1) is 25.1 Å². The first-order valence-electron chi connectivity index (χ1n) is 10.5. The van der Waals surface area contributed by atoms with Gasteiger partial charge < -0.3 is 24.8 Å². The zero-order valence-electron chi connectivity index (χ0n) is 17.4. The predicted molar refractivity (Wildman–Crippen MR) is 115 cm³/mol. The van der Waals surface area contributed by atoms with Crippen molar-refractivity contribution in [1.82, 2.24) is 15.0 Å². The molecule has 4 rings (SSSR count). The summed E-state index contributed by atoms with van der Waals surface area (Å²) >= 11 is 6.15. The first-order valence-corrected chi connectivity index (χ1v) is 10.9. The number of pyridine rings is 1. The molecule has 0 saturated carbocycles. The van der Waals surface area contributed by atoms with Crippen LogP contribution in [0.15, 0.2) is 24.5 Å². The van der Waals surface area contributed by atoms with Crippen molar-refractivity contribution < 1.29 is 19.0 Å². The van der Waals surface area contributed by atoms with Gasteiger partial charge in [-0.3, -0.25) is 4.79 Å². The molecule has 0 aromatic carbocycles. The number of anilines is 2. The highest BCUT2D eigenvalue weighted by Crippen LogP contribution is 2.40. The minimum Gasteiger partial charge on any atom is -0.381 e. The van der Waals surface area contributed by atoms with Crippen molar-refractivity contribution in [3.8, 4) is 0 Å². The number of carbonyl (C=O) groups is 1. The van der Waals surface area contributed by atoms with E-state index < -0.39 is 5.79 Å². The van der Waals surface area contributed by atoms with Crippen molar-refractivity contribution in [2.75, 3.05) is 37.1 Å². The van der Waals surface area contributed by atoms with Crippen molar-refractivity contribution in [2.24, 2.45) is 0 Å². The Kier molecular flexibility index (Phi) is 6.96. The zero-order valence-corrected chi connectivity index (χ0v) is 18.2. The van der Waals surface area contributed by atoms with Crippen molar-refractivity contribution in [2.45, 2.75) is 44.4 Å². The molecule has 9 nitrogen and oxygen atoms in total. The van der Waals surface area contributed by atoms with Crippen LogP contribution >= 0.6 is 11.6 Å². The van der Waals surface area contributed by atoms with Gasteiger partial charge in [0.1, 0.15) is 10.8 Å². The summed E-state index contributed by atoms with van der Waals surface area (Å²) in [5.41, 5.74) is 1.36. The average Bonchev–Trinajstić information content (AvgIpc) is 3.26. The number of hydrogen-bond acceptors (Lipinski definition) is 8. The smallest absolute Gasteiger partial charge is 0.274 e. The molecular formula is C21H26ClN5O4. The normalized spacial score (nSPS) is 18.6. The monoisotopic (exact) mass is 447 g/mol. The molecule has 2 aromatic rings. The van der Waals surface area contributed by atoms with E-state index in [0.717, 1.165) is 19.3 Å². The van der Waals surface area contributed by atoms with E-state index in [-0.39, 0.29) is 17.6 Å². The number of nitrogens with zero attached hydrogens (tertiary/aromatic N) is 3. The molecule has 0 atom stereocenters. The van der Waals surface area contributed by atoms with Crippen molar-refractivity contribution >= 4 is 29.1 Å². The predicted octanol–water partition coefficient (Wildman–Crippen LogP) is 3.37. The molecule has 10 heteroatoms. The lowest BCUT2D eigenvalue weighted by molar-refractivity contribution is -0.170. The van der Waals surface area contributed by atoms with Gasteiger partial charge in [0.2, 0.25) is 5.95 Å². The summed E-state index contributed by atoms with van der Waals surface area (Å²) in [4.78, 5) is 25.7. The lowest BCUT2D eigenvalue weighted by Crippen LogP contribution is -2.30. The summed E-state index contributed by atoms with van der Waals surface area (Å²) in [5.74, 6) is -0.919. The molecule has 0 radical (unpaired) electrons. The molecule has 2 aliphatic heterocycles. The van der Waals surface area contributed by atoms with E-state index >= 15 is 0 Å². The molecule has 2 fully saturated rings. The van der Waals surface area contributed by atoms with Gasteiger partial charge in [-0.2, -0.15) is 0 Å². The van der Waals surface area contributed by atoms with E-state index in [1.165, 1.54) is 6.20 Å². The van der Waals surface area contributed by atoms with Crippen LogP contribution in [0, 0.1) is 0 Å². The molecule has 2 aromatic heterocycles. The Labute approximate surface area is 185 Å². The molecule has 4 heterocycles. The molecule has 0 unspecified atom stereocenters. The van der Waals surface area contributed by atoms with Crippen LogP contribution < -0.4 is 10.6 Å². The van der Waals surface area contributed by atoms with Crippen LogP contribution in [0.25, 0.3) is 0 Å². The third-order valence-electron chi connectivity index (χ3n) is 5.30. The summed E-state index contributed by atoms with van der Waals surface area (Å²) in [5, 5.41) is 6.46. The maximum atomic E-state index is 13.0. The van der Waals surface area contributed by atoms with E-state index in [1.807, 2.05) is 6.92 Å². The lowest BCUT2D eigenvalue weighted by Gasteiger charge is -2.29. The van der Waals surface area contributed by atoms with Crippen LogP contribution in [-0.2, 0) is 20.0 Å². The molecule has 0 aliphatic carbocycles. The van der Waals surface area contributed by atoms with Crippen LogP contribution in [0.1, 0.15) is 48.7 Å². The van der Waals surface area contributed by atoms with Crippen LogP contribution in [0.5, 0.6) is 0 Å². The van der Waals surface area contributed by atoms with Gasteiger partial charge >= 0.3 is 0 Å². The minimum atomic E-state index is -0.953. The van der Waals surface area contributed by atoms with Gasteiger partial charge in [-0.15, -0.1) is 0 Å². The molecule has 2 N–H and O–H groups in total. The molecule has 2 aliphatic rings. The standard InChI is InChI=1S/C21H26ClN5O4/c1-2-6-21(30-10-11-31-21)15-12-18(22)24-13-17(15)26-19(28)16-3-7-23-20(27-16)25-14-4-8-29-9-5-14/h3,7,12-14H,2,4-6,8-11H2,1H3,(H,26,28)(H,23,25,27). The number of aromatic nitrogens is 3. The van der Waals surface area contributed by atoms with E-state index in [1.54, 1.807) is 18.3 Å². The second kappa shape index (κ2) is 9.86. The maximum Gasteiger partial charge on any atom is 0.274 e. The Morgan fingerprint density at radius 1 is 1.23 bits per heavy atom. The first kappa shape index (κ1) is 21.9. The second-order valence-electron chi connectivity index (χ2n) is 7.50. The van der Waals surface area contributed by atoms with Gasteiger partial charge in [0.15, 0.2) is 5.79 Å². The summed E-state index contributed by atoms with van der Waals surface area (Å²) in [6, 6.07) is 3.47. The van der Waals surface area contributed by atoms with Crippen LogP contribution in [0.4, 0.5) is 11.6 Å². The number of carbonyl (C=O) groups excluding carboxylic acids is 1. The average molecular weight is 448 g/mol. The first-order chi connectivity index (χ1) is 15.1. The second-order valence-corrected chi connectivity index (χ2v) is 7.89. The summed E-state index contributed by atoms with van der Waals surface area (Å²) in [6.45, 7) is 4.39. The molecule has 31 heavy (non-hydrogen) atoms. The third kappa shape index (κ3) is 5.12. The molecule has 0 bridgehead atoms. The number of hydrogen-bond donors (Lipinski definition) is 2. The largest absolute Gasteiger partial charge is 0.381 e. The molecule has 2 saturated heterocycles. The maximum absolute atomic E-state index is 13.0. The van der Waals surface area contributed by atoms with Gasteiger partial charge in [-0.1, -0.05) is 24.9 Å². The fourth-order valence-corrected chi connectivity index (χ4v) is 3.99. The van der Waals surface area contributed by atoms with Crippen LogP contribution in [0.3, 0.4) is 0 Å². The van der Waals surface area contributed by atoms with E-state index in [9.17, 15) is 4.79 Å². The van der Waals surface area contributed by atoms with Gasteiger partial charge in [0, 0.05) is 37.4 Å². The van der Waals surface area contributed by atoms with Crippen molar-refractivity contribution in [3.05, 3.63) is 40.9 Å². The number of halogens is 1.